The van der Waals surface area contributed by atoms with Crippen molar-refractivity contribution in [2.24, 2.45) is 0 Å². The number of carboxylic acids is 1. The summed E-state index contributed by atoms with van der Waals surface area (Å²) in [5.41, 5.74) is 0.0373. The summed E-state index contributed by atoms with van der Waals surface area (Å²) >= 11 is 0. The number of carbonyl (C=O) groups excluding carboxylic acids is 2. The third-order valence-corrected chi connectivity index (χ3v) is 2.65. The molecule has 2 N–H and O–H groups in total. The molecule has 1 heterocycles. The van der Waals surface area contributed by atoms with Gasteiger partial charge < -0.3 is 10.4 Å². The van der Waals surface area contributed by atoms with Crippen LogP contribution in [0.5, 0.6) is 0 Å². The predicted octanol–water partition coefficient (Wildman–Crippen LogP) is 0.572. The molecule has 1 aliphatic rings. The molecule has 0 unspecified atom stereocenters. The topological polar surface area (TPSA) is 130 Å². The third kappa shape index (κ3) is 3.03. The first-order valence-corrected chi connectivity index (χ1v) is 5.69. The number of aliphatic carboxylic acids is 1. The van der Waals surface area contributed by atoms with Crippen molar-refractivity contribution in [3.63, 3.8) is 0 Å². The minimum atomic E-state index is -1.32. The number of imide groups is 1. The van der Waals surface area contributed by atoms with E-state index in [9.17, 15) is 24.5 Å². The van der Waals surface area contributed by atoms with Crippen molar-refractivity contribution in [3.05, 3.63) is 45.6 Å². The van der Waals surface area contributed by atoms with Gasteiger partial charge in [-0.25, -0.2) is 9.69 Å². The molecule has 0 radical (unpaired) electrons. The number of hydrogen-bond acceptors (Lipinski definition) is 5. The minimum absolute atomic E-state index is 0.137. The van der Waals surface area contributed by atoms with Crippen molar-refractivity contribution in [2.45, 2.75) is 0 Å². The number of rotatable bonds is 4. The monoisotopic (exact) mass is 291 g/mol. The molecular weight excluding hydrogens is 282 g/mol. The lowest BCUT2D eigenvalue weighted by atomic mass is 10.1. The second-order valence-electron chi connectivity index (χ2n) is 4.13. The Morgan fingerprint density at radius 1 is 1.43 bits per heavy atom. The lowest BCUT2D eigenvalue weighted by Crippen LogP contribution is -2.35. The lowest BCUT2D eigenvalue weighted by Gasteiger charge is -2.06. The standard InChI is InChI=1S/C12H9N3O6/c16-10(17)6-14-11(18)9(13-12(14)19)5-7-2-1-3-8(4-7)15(20)21/h1-5H,6H2,(H,13,19)(H,16,17)/b9-5+. The molecule has 108 valence electrons. The van der Waals surface area contributed by atoms with Gasteiger partial charge in [-0.15, -0.1) is 0 Å². The number of hydrogen-bond donors (Lipinski definition) is 2. The highest BCUT2D eigenvalue weighted by Crippen LogP contribution is 2.18. The van der Waals surface area contributed by atoms with Gasteiger partial charge in [0.2, 0.25) is 0 Å². The molecular formula is C12H9N3O6. The quantitative estimate of drug-likeness (QED) is 0.361. The smallest absolute Gasteiger partial charge is 0.329 e. The van der Waals surface area contributed by atoms with Crippen LogP contribution in [0.2, 0.25) is 0 Å². The average Bonchev–Trinajstić information content (AvgIpc) is 2.66. The minimum Gasteiger partial charge on any atom is -0.480 e. The van der Waals surface area contributed by atoms with E-state index in [1.807, 2.05) is 0 Å². The summed E-state index contributed by atoms with van der Waals surface area (Å²) in [4.78, 5) is 44.5. The molecule has 0 atom stereocenters. The lowest BCUT2D eigenvalue weighted by molar-refractivity contribution is -0.384. The summed E-state index contributed by atoms with van der Waals surface area (Å²) in [7, 11) is 0. The fourth-order valence-electron chi connectivity index (χ4n) is 1.75. The van der Waals surface area contributed by atoms with Crippen molar-refractivity contribution in [1.82, 2.24) is 10.2 Å². The van der Waals surface area contributed by atoms with E-state index >= 15 is 0 Å². The molecule has 1 aliphatic heterocycles. The highest BCUT2D eigenvalue weighted by Gasteiger charge is 2.34. The van der Waals surface area contributed by atoms with Crippen LogP contribution in [0.25, 0.3) is 6.08 Å². The van der Waals surface area contributed by atoms with Crippen molar-refractivity contribution in [1.29, 1.82) is 0 Å². The molecule has 1 fully saturated rings. The van der Waals surface area contributed by atoms with Crippen molar-refractivity contribution in [2.75, 3.05) is 6.54 Å². The summed E-state index contributed by atoms with van der Waals surface area (Å²) in [6.07, 6.45) is 1.25. The third-order valence-electron chi connectivity index (χ3n) is 2.65. The Kier molecular flexibility index (Phi) is 3.65. The molecule has 1 aromatic carbocycles. The highest BCUT2D eigenvalue weighted by atomic mass is 16.6. The summed E-state index contributed by atoms with van der Waals surface area (Å²) in [5.74, 6) is -2.12. The number of carboxylic acid groups (broad SMARTS) is 1. The number of amides is 3. The van der Waals surface area contributed by atoms with Crippen LogP contribution in [0.15, 0.2) is 30.0 Å². The number of nitro groups is 1. The summed E-state index contributed by atoms with van der Waals surface area (Å²) in [6.45, 7) is -0.753. The molecule has 9 nitrogen and oxygen atoms in total. The van der Waals surface area contributed by atoms with Crippen LogP contribution in [-0.4, -0.2) is 39.4 Å². The van der Waals surface area contributed by atoms with Gasteiger partial charge in [0.25, 0.3) is 11.6 Å². The van der Waals surface area contributed by atoms with Crippen LogP contribution in [0.1, 0.15) is 5.56 Å². The predicted molar refractivity (Wildman–Crippen MR) is 69.0 cm³/mol. The zero-order valence-corrected chi connectivity index (χ0v) is 10.5. The van der Waals surface area contributed by atoms with Gasteiger partial charge in [0.15, 0.2) is 0 Å². The van der Waals surface area contributed by atoms with Gasteiger partial charge in [-0.05, 0) is 11.6 Å². The molecule has 1 aromatic rings. The zero-order chi connectivity index (χ0) is 15.6. The van der Waals surface area contributed by atoms with E-state index in [1.165, 1.54) is 30.3 Å². The SMILES string of the molecule is O=C(O)CN1C(=O)N/C(=C/c2cccc([N+](=O)[O-])c2)C1=O. The maximum Gasteiger partial charge on any atom is 0.329 e. The molecule has 9 heteroatoms. The van der Waals surface area contributed by atoms with Gasteiger partial charge in [0.1, 0.15) is 12.2 Å². The first-order chi connectivity index (χ1) is 9.88. The van der Waals surface area contributed by atoms with Gasteiger partial charge in [-0.1, -0.05) is 12.1 Å². The normalized spacial score (nSPS) is 16.2. The van der Waals surface area contributed by atoms with Crippen molar-refractivity contribution in [3.8, 4) is 0 Å². The summed E-state index contributed by atoms with van der Waals surface area (Å²) in [6, 6.07) is 4.61. The highest BCUT2D eigenvalue weighted by molar-refractivity contribution is 6.15. The molecule has 0 bridgehead atoms. The number of carbonyl (C=O) groups is 3. The van der Waals surface area contributed by atoms with E-state index in [4.69, 9.17) is 5.11 Å². The number of nitro benzene ring substituents is 1. The Bertz CT molecular complexity index is 681. The maximum atomic E-state index is 11.9. The van der Waals surface area contributed by atoms with E-state index in [-0.39, 0.29) is 11.4 Å². The molecule has 1 saturated heterocycles. The van der Waals surface area contributed by atoms with Gasteiger partial charge in [0, 0.05) is 12.1 Å². The van der Waals surface area contributed by atoms with E-state index in [2.05, 4.69) is 5.32 Å². The fraction of sp³-hybridized carbons (Fsp3) is 0.0833. The summed E-state index contributed by atoms with van der Waals surface area (Å²) < 4.78 is 0. The first kappa shape index (κ1) is 14.2. The van der Waals surface area contributed by atoms with E-state index in [0.717, 1.165) is 0 Å². The van der Waals surface area contributed by atoms with E-state index < -0.39 is 29.4 Å². The largest absolute Gasteiger partial charge is 0.480 e. The van der Waals surface area contributed by atoms with Crippen LogP contribution < -0.4 is 5.32 Å². The Labute approximate surface area is 117 Å². The van der Waals surface area contributed by atoms with Gasteiger partial charge >= 0.3 is 12.0 Å². The van der Waals surface area contributed by atoms with Crippen LogP contribution >= 0.6 is 0 Å². The number of urea groups is 1. The number of benzene rings is 1. The average molecular weight is 291 g/mol. The van der Waals surface area contributed by atoms with Crippen LogP contribution in [0, 0.1) is 10.1 Å². The van der Waals surface area contributed by atoms with Crippen LogP contribution in [0.3, 0.4) is 0 Å². The fourth-order valence-corrected chi connectivity index (χ4v) is 1.75. The Balaban J connectivity index is 2.28. The first-order valence-electron chi connectivity index (χ1n) is 5.69. The van der Waals surface area contributed by atoms with Gasteiger partial charge in [0.05, 0.1) is 4.92 Å². The zero-order valence-electron chi connectivity index (χ0n) is 10.5. The molecule has 0 aliphatic carbocycles. The van der Waals surface area contributed by atoms with Crippen LogP contribution in [-0.2, 0) is 9.59 Å². The molecule has 21 heavy (non-hydrogen) atoms. The van der Waals surface area contributed by atoms with E-state index in [0.29, 0.717) is 10.5 Å². The Morgan fingerprint density at radius 3 is 2.76 bits per heavy atom. The Morgan fingerprint density at radius 2 is 2.14 bits per heavy atom. The van der Waals surface area contributed by atoms with Gasteiger partial charge in [-0.2, -0.15) is 0 Å². The Hall–Kier alpha value is -3.23. The van der Waals surface area contributed by atoms with Crippen molar-refractivity contribution >= 4 is 29.7 Å². The molecule has 0 aromatic heterocycles. The molecule has 2 rings (SSSR count). The molecule has 3 amide bonds. The summed E-state index contributed by atoms with van der Waals surface area (Å²) in [5, 5.41) is 21.5. The second kappa shape index (κ2) is 5.41. The van der Waals surface area contributed by atoms with Gasteiger partial charge in [-0.3, -0.25) is 19.7 Å². The number of nitrogens with zero attached hydrogens (tertiary/aromatic N) is 2. The number of non-ortho nitro benzene ring substituents is 1. The van der Waals surface area contributed by atoms with Crippen molar-refractivity contribution < 1.29 is 24.4 Å². The second-order valence-corrected chi connectivity index (χ2v) is 4.13. The maximum absolute atomic E-state index is 11.9. The molecule has 0 saturated carbocycles. The van der Waals surface area contributed by atoms with E-state index in [1.54, 1.807) is 0 Å². The molecule has 0 spiro atoms. The van der Waals surface area contributed by atoms with Crippen LogP contribution in [0.4, 0.5) is 10.5 Å². The number of nitrogens with one attached hydrogen (secondary N) is 1.